The first-order valence-corrected chi connectivity index (χ1v) is 7.91. The maximum Gasteiger partial charge on any atom is 0.125 e. The van der Waals surface area contributed by atoms with E-state index < -0.39 is 0 Å². The molecule has 0 aliphatic heterocycles. The summed E-state index contributed by atoms with van der Waals surface area (Å²) in [5.41, 5.74) is 3.68. The molecular weight excluding hydrogens is 290 g/mol. The van der Waals surface area contributed by atoms with E-state index in [4.69, 9.17) is 16.3 Å². The van der Waals surface area contributed by atoms with E-state index in [9.17, 15) is 0 Å². The number of hydrogen-bond acceptors (Lipinski definition) is 3. The van der Waals surface area contributed by atoms with Gasteiger partial charge in [0.05, 0.1) is 4.34 Å². The van der Waals surface area contributed by atoms with E-state index >= 15 is 0 Å². The second kappa shape index (κ2) is 7.11. The Bertz CT molecular complexity index is 557. The predicted molar refractivity (Wildman–Crippen MR) is 87.2 cm³/mol. The Balaban J connectivity index is 1.76. The molecule has 2 aromatic rings. The van der Waals surface area contributed by atoms with Crippen LogP contribution < -0.4 is 10.1 Å². The molecule has 20 heavy (non-hydrogen) atoms. The van der Waals surface area contributed by atoms with Gasteiger partial charge in [0.2, 0.25) is 0 Å². The van der Waals surface area contributed by atoms with Crippen LogP contribution >= 0.6 is 22.9 Å². The molecule has 0 saturated heterocycles. The summed E-state index contributed by atoms with van der Waals surface area (Å²) in [5, 5.41) is 3.36. The fourth-order valence-electron chi connectivity index (χ4n) is 2.28. The molecule has 0 fully saturated rings. The van der Waals surface area contributed by atoms with Crippen molar-refractivity contribution in [3.05, 3.63) is 50.2 Å². The zero-order chi connectivity index (χ0) is 14.5. The van der Waals surface area contributed by atoms with Gasteiger partial charge in [0.25, 0.3) is 0 Å². The zero-order valence-corrected chi connectivity index (χ0v) is 13.7. The summed E-state index contributed by atoms with van der Waals surface area (Å²) in [7, 11) is 0. The molecule has 0 unspecified atom stereocenters. The summed E-state index contributed by atoms with van der Waals surface area (Å²) in [6, 6.07) is 8.29. The van der Waals surface area contributed by atoms with Gasteiger partial charge in [0, 0.05) is 18.0 Å². The summed E-state index contributed by atoms with van der Waals surface area (Å²) in [5.74, 6) is 1.01. The van der Waals surface area contributed by atoms with Gasteiger partial charge in [-0.1, -0.05) is 29.3 Å². The first-order valence-electron chi connectivity index (χ1n) is 6.72. The highest BCUT2D eigenvalue weighted by Crippen LogP contribution is 2.24. The molecule has 2 rings (SSSR count). The van der Waals surface area contributed by atoms with E-state index in [1.165, 1.54) is 21.6 Å². The lowest BCUT2D eigenvalue weighted by Crippen LogP contribution is -2.20. The van der Waals surface area contributed by atoms with Crippen LogP contribution in [-0.4, -0.2) is 13.2 Å². The number of ether oxygens (including phenoxy) is 1. The minimum absolute atomic E-state index is 0.670. The Morgan fingerprint density at radius 2 is 1.85 bits per heavy atom. The largest absolute Gasteiger partial charge is 0.492 e. The number of nitrogens with one attached hydrogen (secondary N) is 1. The van der Waals surface area contributed by atoms with Gasteiger partial charge in [-0.05, 0) is 44.0 Å². The Morgan fingerprint density at radius 3 is 2.45 bits per heavy atom. The predicted octanol–water partition coefficient (Wildman–Crippen LogP) is 4.50. The van der Waals surface area contributed by atoms with Crippen LogP contribution in [-0.2, 0) is 6.54 Å². The molecule has 0 atom stereocenters. The third-order valence-corrected chi connectivity index (χ3v) is 4.29. The Morgan fingerprint density at radius 1 is 1.15 bits per heavy atom. The average Bonchev–Trinajstić information content (AvgIpc) is 2.77. The van der Waals surface area contributed by atoms with Crippen LogP contribution in [0.1, 0.15) is 21.6 Å². The first-order chi connectivity index (χ1) is 9.56. The van der Waals surface area contributed by atoms with Gasteiger partial charge in [0.1, 0.15) is 12.4 Å². The number of thiophene rings is 1. The Labute approximate surface area is 129 Å². The first kappa shape index (κ1) is 15.4. The van der Waals surface area contributed by atoms with Crippen molar-refractivity contribution in [2.75, 3.05) is 13.2 Å². The molecule has 0 saturated carbocycles. The van der Waals surface area contributed by atoms with E-state index in [1.54, 1.807) is 11.3 Å². The van der Waals surface area contributed by atoms with Crippen molar-refractivity contribution in [2.24, 2.45) is 0 Å². The van der Waals surface area contributed by atoms with Crippen molar-refractivity contribution >= 4 is 22.9 Å². The minimum atomic E-state index is 0.670. The molecule has 0 aliphatic carbocycles. The number of halogens is 1. The summed E-state index contributed by atoms with van der Waals surface area (Å²) < 4.78 is 6.72. The van der Waals surface area contributed by atoms with Gasteiger partial charge in [-0.3, -0.25) is 0 Å². The van der Waals surface area contributed by atoms with Crippen LogP contribution in [0.3, 0.4) is 0 Å². The molecule has 108 valence electrons. The molecule has 0 spiro atoms. The standard InChI is InChI=1S/C16H20ClNOS/c1-11-8-12(2)16(13(3)9-11)19-7-6-18-10-14-4-5-15(17)20-14/h4-5,8-9,18H,6-7,10H2,1-3H3. The highest BCUT2D eigenvalue weighted by Gasteiger charge is 2.04. The molecular formula is C16H20ClNOS. The van der Waals surface area contributed by atoms with Crippen LogP contribution in [0.4, 0.5) is 0 Å². The summed E-state index contributed by atoms with van der Waals surface area (Å²) >= 11 is 7.50. The highest BCUT2D eigenvalue weighted by molar-refractivity contribution is 7.16. The topological polar surface area (TPSA) is 21.3 Å². The molecule has 0 amide bonds. The van der Waals surface area contributed by atoms with E-state index in [2.05, 4.69) is 44.3 Å². The van der Waals surface area contributed by atoms with E-state index in [-0.39, 0.29) is 0 Å². The smallest absolute Gasteiger partial charge is 0.125 e. The van der Waals surface area contributed by atoms with Crippen molar-refractivity contribution in [3.63, 3.8) is 0 Å². The Hall–Kier alpha value is -1.03. The van der Waals surface area contributed by atoms with Gasteiger partial charge >= 0.3 is 0 Å². The number of hydrogen-bond donors (Lipinski definition) is 1. The fourth-order valence-corrected chi connectivity index (χ4v) is 3.34. The normalized spacial score (nSPS) is 10.8. The lowest BCUT2D eigenvalue weighted by Gasteiger charge is -2.13. The van der Waals surface area contributed by atoms with E-state index in [0.29, 0.717) is 6.61 Å². The van der Waals surface area contributed by atoms with Crippen molar-refractivity contribution in [1.82, 2.24) is 5.32 Å². The van der Waals surface area contributed by atoms with Crippen LogP contribution in [0.2, 0.25) is 4.34 Å². The van der Waals surface area contributed by atoms with E-state index in [1.807, 2.05) is 6.07 Å². The van der Waals surface area contributed by atoms with Crippen LogP contribution in [0, 0.1) is 20.8 Å². The van der Waals surface area contributed by atoms with Crippen LogP contribution in [0.15, 0.2) is 24.3 Å². The van der Waals surface area contributed by atoms with Gasteiger partial charge in [0.15, 0.2) is 0 Å². The quantitative estimate of drug-likeness (QED) is 0.794. The molecule has 0 bridgehead atoms. The number of aryl methyl sites for hydroxylation is 3. The van der Waals surface area contributed by atoms with Gasteiger partial charge in [-0.2, -0.15) is 0 Å². The highest BCUT2D eigenvalue weighted by atomic mass is 35.5. The molecule has 1 N–H and O–H groups in total. The molecule has 2 nitrogen and oxygen atoms in total. The SMILES string of the molecule is Cc1cc(C)c(OCCNCc2ccc(Cl)s2)c(C)c1. The zero-order valence-electron chi connectivity index (χ0n) is 12.1. The number of benzene rings is 1. The maximum atomic E-state index is 5.89. The molecule has 1 aromatic heterocycles. The van der Waals surface area contributed by atoms with Gasteiger partial charge in [-0.15, -0.1) is 11.3 Å². The van der Waals surface area contributed by atoms with Crippen LogP contribution in [0.25, 0.3) is 0 Å². The van der Waals surface area contributed by atoms with Crippen molar-refractivity contribution in [1.29, 1.82) is 0 Å². The van der Waals surface area contributed by atoms with Crippen LogP contribution in [0.5, 0.6) is 5.75 Å². The average molecular weight is 310 g/mol. The molecule has 1 heterocycles. The van der Waals surface area contributed by atoms with Gasteiger partial charge < -0.3 is 10.1 Å². The molecule has 1 aromatic carbocycles. The van der Waals surface area contributed by atoms with Gasteiger partial charge in [-0.25, -0.2) is 0 Å². The third-order valence-electron chi connectivity index (χ3n) is 3.06. The maximum absolute atomic E-state index is 5.89. The summed E-state index contributed by atoms with van der Waals surface area (Å²) in [6.07, 6.45) is 0. The second-order valence-corrected chi connectivity index (χ2v) is 6.76. The fraction of sp³-hybridized carbons (Fsp3) is 0.375. The minimum Gasteiger partial charge on any atom is -0.492 e. The molecule has 0 aliphatic rings. The summed E-state index contributed by atoms with van der Waals surface area (Å²) in [6.45, 7) is 8.63. The molecule has 4 heteroatoms. The van der Waals surface area contributed by atoms with E-state index in [0.717, 1.165) is 23.2 Å². The van der Waals surface area contributed by atoms with Crippen molar-refractivity contribution in [3.8, 4) is 5.75 Å². The molecule has 0 radical (unpaired) electrons. The Kier molecular flexibility index (Phi) is 5.46. The lowest BCUT2D eigenvalue weighted by atomic mass is 10.1. The second-order valence-electron chi connectivity index (χ2n) is 4.96. The lowest BCUT2D eigenvalue weighted by molar-refractivity contribution is 0.310. The summed E-state index contributed by atoms with van der Waals surface area (Å²) in [4.78, 5) is 1.25. The van der Waals surface area contributed by atoms with Crippen molar-refractivity contribution in [2.45, 2.75) is 27.3 Å². The third kappa shape index (κ3) is 4.23. The van der Waals surface area contributed by atoms with Crippen molar-refractivity contribution < 1.29 is 4.74 Å². The monoisotopic (exact) mass is 309 g/mol. The number of rotatable bonds is 6.